The van der Waals surface area contributed by atoms with Crippen molar-refractivity contribution in [2.45, 2.75) is 6.92 Å². The number of ether oxygens (including phenoxy) is 2. The van der Waals surface area contributed by atoms with Gasteiger partial charge >= 0.3 is 0 Å². The van der Waals surface area contributed by atoms with Crippen molar-refractivity contribution in [2.75, 3.05) is 55.5 Å². The van der Waals surface area contributed by atoms with Crippen LogP contribution in [0, 0.1) is 6.92 Å². The van der Waals surface area contributed by atoms with Crippen molar-refractivity contribution in [3.05, 3.63) is 65.4 Å². The van der Waals surface area contributed by atoms with Crippen LogP contribution in [0.5, 0.6) is 11.5 Å². The van der Waals surface area contributed by atoms with E-state index in [0.717, 1.165) is 54.3 Å². The molecule has 0 bridgehead atoms. The fourth-order valence-corrected chi connectivity index (χ4v) is 4.50. The quantitative estimate of drug-likeness (QED) is 0.401. The van der Waals surface area contributed by atoms with Gasteiger partial charge in [-0.25, -0.2) is 4.98 Å². The van der Waals surface area contributed by atoms with Crippen LogP contribution in [0.15, 0.2) is 54.7 Å². The van der Waals surface area contributed by atoms with Crippen molar-refractivity contribution in [2.24, 2.45) is 0 Å². The number of piperazine rings is 1. The van der Waals surface area contributed by atoms with Gasteiger partial charge in [0.15, 0.2) is 0 Å². The number of anilines is 4. The van der Waals surface area contributed by atoms with Gasteiger partial charge in [0.1, 0.15) is 17.3 Å². The highest BCUT2D eigenvalue weighted by Crippen LogP contribution is 2.30. The van der Waals surface area contributed by atoms with E-state index < -0.39 is 0 Å². The minimum Gasteiger partial charge on any atom is -0.497 e. The van der Waals surface area contributed by atoms with Crippen LogP contribution in [0.25, 0.3) is 10.9 Å². The normalized spacial score (nSPS) is 13.7. The number of benzene rings is 2. The first-order valence-corrected chi connectivity index (χ1v) is 11.8. The van der Waals surface area contributed by atoms with Crippen molar-refractivity contribution in [3.8, 4) is 11.5 Å². The van der Waals surface area contributed by atoms with Gasteiger partial charge in [0.25, 0.3) is 0 Å². The maximum atomic E-state index is 6.16. The van der Waals surface area contributed by atoms with E-state index in [4.69, 9.17) is 26.1 Å². The number of pyridine rings is 1. The standard InChI is InChI=1S/C26H27ClN6O2/c1-17-12-25(31-26(29-17)30-19-14-20(34-2)16-21(15-19)35-3)33-10-8-32(9-11-33)24-6-7-28-23-13-18(27)4-5-22(23)24/h4-7,12-16H,8-11H2,1-3H3,(H,29,30,31). The Labute approximate surface area is 209 Å². The second kappa shape index (κ2) is 9.84. The van der Waals surface area contributed by atoms with Crippen LogP contribution in [-0.2, 0) is 0 Å². The van der Waals surface area contributed by atoms with Gasteiger partial charge in [-0.3, -0.25) is 4.98 Å². The van der Waals surface area contributed by atoms with E-state index in [1.54, 1.807) is 14.2 Å². The summed E-state index contributed by atoms with van der Waals surface area (Å²) in [5.41, 5.74) is 3.78. The Morgan fingerprint density at radius 2 is 1.57 bits per heavy atom. The lowest BCUT2D eigenvalue weighted by Crippen LogP contribution is -2.47. The molecule has 1 aliphatic rings. The minimum atomic E-state index is 0.537. The average molecular weight is 491 g/mol. The molecule has 1 fully saturated rings. The summed E-state index contributed by atoms with van der Waals surface area (Å²) in [5, 5.41) is 5.11. The molecule has 0 spiro atoms. The molecular weight excluding hydrogens is 464 g/mol. The van der Waals surface area contributed by atoms with Crippen molar-refractivity contribution in [1.82, 2.24) is 15.0 Å². The Morgan fingerprint density at radius 3 is 2.29 bits per heavy atom. The second-order valence-corrected chi connectivity index (χ2v) is 8.82. The molecule has 1 aliphatic heterocycles. The molecule has 0 amide bonds. The maximum Gasteiger partial charge on any atom is 0.229 e. The van der Waals surface area contributed by atoms with Gasteiger partial charge in [-0.1, -0.05) is 11.6 Å². The lowest BCUT2D eigenvalue weighted by Gasteiger charge is -2.37. The van der Waals surface area contributed by atoms with Gasteiger partial charge in [-0.2, -0.15) is 4.98 Å². The third-order valence-corrected chi connectivity index (χ3v) is 6.31. The fourth-order valence-electron chi connectivity index (χ4n) is 4.34. The van der Waals surface area contributed by atoms with E-state index >= 15 is 0 Å². The summed E-state index contributed by atoms with van der Waals surface area (Å²) < 4.78 is 10.7. The Balaban J connectivity index is 1.33. The molecule has 0 atom stereocenters. The molecule has 180 valence electrons. The van der Waals surface area contributed by atoms with Crippen molar-refractivity contribution >= 4 is 45.6 Å². The first-order valence-electron chi connectivity index (χ1n) is 11.4. The first kappa shape index (κ1) is 23.0. The fraction of sp³-hybridized carbons (Fsp3) is 0.269. The minimum absolute atomic E-state index is 0.537. The van der Waals surface area contributed by atoms with Crippen LogP contribution in [0.4, 0.5) is 23.1 Å². The number of aromatic nitrogens is 3. The van der Waals surface area contributed by atoms with Gasteiger partial charge in [0.2, 0.25) is 5.95 Å². The van der Waals surface area contributed by atoms with Crippen LogP contribution in [-0.4, -0.2) is 55.4 Å². The first-order chi connectivity index (χ1) is 17.0. The summed E-state index contributed by atoms with van der Waals surface area (Å²) in [7, 11) is 3.26. The van der Waals surface area contributed by atoms with Crippen LogP contribution in [0.2, 0.25) is 5.02 Å². The number of aryl methyl sites for hydroxylation is 1. The van der Waals surface area contributed by atoms with Crippen LogP contribution >= 0.6 is 11.6 Å². The molecule has 1 saturated heterocycles. The average Bonchev–Trinajstić information content (AvgIpc) is 2.87. The molecule has 0 aliphatic carbocycles. The Bertz CT molecular complexity index is 1340. The molecule has 2 aromatic carbocycles. The van der Waals surface area contributed by atoms with E-state index in [0.29, 0.717) is 22.5 Å². The molecule has 4 aromatic rings. The highest BCUT2D eigenvalue weighted by molar-refractivity contribution is 6.31. The van der Waals surface area contributed by atoms with E-state index in [1.807, 2.05) is 55.6 Å². The summed E-state index contributed by atoms with van der Waals surface area (Å²) >= 11 is 6.16. The van der Waals surface area contributed by atoms with Crippen LogP contribution in [0.3, 0.4) is 0 Å². The maximum absolute atomic E-state index is 6.16. The predicted molar refractivity (Wildman–Crippen MR) is 141 cm³/mol. The lowest BCUT2D eigenvalue weighted by molar-refractivity contribution is 0.395. The van der Waals surface area contributed by atoms with Crippen molar-refractivity contribution in [1.29, 1.82) is 0 Å². The Morgan fingerprint density at radius 1 is 0.857 bits per heavy atom. The third-order valence-electron chi connectivity index (χ3n) is 6.07. The molecule has 1 N–H and O–H groups in total. The Kier molecular flexibility index (Phi) is 6.46. The highest BCUT2D eigenvalue weighted by Gasteiger charge is 2.21. The molecule has 8 nitrogen and oxygen atoms in total. The van der Waals surface area contributed by atoms with Gasteiger partial charge < -0.3 is 24.6 Å². The number of hydrogen-bond donors (Lipinski definition) is 1. The third kappa shape index (κ3) is 5.02. The zero-order chi connectivity index (χ0) is 24.4. The van der Waals surface area contributed by atoms with Crippen molar-refractivity contribution in [3.63, 3.8) is 0 Å². The molecule has 0 unspecified atom stereocenters. The molecule has 0 radical (unpaired) electrons. The number of rotatable bonds is 6. The summed E-state index contributed by atoms with van der Waals surface area (Å²) in [6.07, 6.45) is 1.85. The lowest BCUT2D eigenvalue weighted by atomic mass is 10.1. The smallest absolute Gasteiger partial charge is 0.229 e. The number of nitrogens with one attached hydrogen (secondary N) is 1. The van der Waals surface area contributed by atoms with E-state index in [9.17, 15) is 0 Å². The highest BCUT2D eigenvalue weighted by atomic mass is 35.5. The van der Waals surface area contributed by atoms with Gasteiger partial charge in [-0.05, 0) is 31.2 Å². The topological polar surface area (TPSA) is 75.6 Å². The van der Waals surface area contributed by atoms with Gasteiger partial charge in [0.05, 0.1) is 19.7 Å². The van der Waals surface area contributed by atoms with E-state index in [2.05, 4.69) is 31.2 Å². The van der Waals surface area contributed by atoms with Gasteiger partial charge in [-0.15, -0.1) is 0 Å². The van der Waals surface area contributed by atoms with Crippen molar-refractivity contribution < 1.29 is 9.47 Å². The summed E-state index contributed by atoms with van der Waals surface area (Å²) in [5.74, 6) is 2.83. The molecular formula is C26H27ClN6O2. The summed E-state index contributed by atoms with van der Waals surface area (Å²) in [6, 6.07) is 15.6. The Hall–Kier alpha value is -3.78. The second-order valence-electron chi connectivity index (χ2n) is 8.38. The van der Waals surface area contributed by atoms with Crippen LogP contribution < -0.4 is 24.6 Å². The largest absolute Gasteiger partial charge is 0.497 e. The summed E-state index contributed by atoms with van der Waals surface area (Å²) in [4.78, 5) is 18.5. The number of nitrogens with zero attached hydrogens (tertiary/aromatic N) is 5. The number of fused-ring (bicyclic) bond motifs is 1. The zero-order valence-electron chi connectivity index (χ0n) is 20.0. The van der Waals surface area contributed by atoms with E-state index in [-0.39, 0.29) is 0 Å². The molecule has 0 saturated carbocycles. The molecule has 2 aromatic heterocycles. The number of methoxy groups -OCH3 is 2. The van der Waals surface area contributed by atoms with E-state index in [1.165, 1.54) is 5.69 Å². The molecule has 9 heteroatoms. The molecule has 3 heterocycles. The predicted octanol–water partition coefficient (Wildman–Crippen LogP) is 5.07. The number of halogens is 1. The van der Waals surface area contributed by atoms with Crippen LogP contribution in [0.1, 0.15) is 5.69 Å². The number of hydrogen-bond acceptors (Lipinski definition) is 8. The molecule has 5 rings (SSSR count). The summed E-state index contributed by atoms with van der Waals surface area (Å²) in [6.45, 7) is 5.43. The monoisotopic (exact) mass is 490 g/mol. The SMILES string of the molecule is COc1cc(Nc2nc(C)cc(N3CCN(c4ccnc5cc(Cl)ccc45)CC3)n2)cc(OC)c1. The van der Waals surface area contributed by atoms with Gasteiger partial charge in [0, 0.05) is 84.1 Å². The molecule has 35 heavy (non-hydrogen) atoms. The zero-order valence-corrected chi connectivity index (χ0v) is 20.7.